The van der Waals surface area contributed by atoms with Crippen molar-refractivity contribution in [3.8, 4) is 5.69 Å². The summed E-state index contributed by atoms with van der Waals surface area (Å²) in [6, 6.07) is 16.9. The van der Waals surface area contributed by atoms with Crippen LogP contribution in [0, 0.1) is 4.77 Å². The van der Waals surface area contributed by atoms with E-state index in [1.54, 1.807) is 16.7 Å². The Kier molecular flexibility index (Phi) is 4.04. The molecular weight excluding hydrogens is 318 g/mol. The van der Waals surface area contributed by atoms with E-state index in [0.29, 0.717) is 15.7 Å². The molecule has 0 aliphatic rings. The van der Waals surface area contributed by atoms with Crippen molar-refractivity contribution in [2.45, 2.75) is 0 Å². The van der Waals surface area contributed by atoms with E-state index in [-0.39, 0.29) is 5.95 Å². The zero-order valence-corrected chi connectivity index (χ0v) is 13.0. The lowest BCUT2D eigenvalue weighted by Gasteiger charge is -2.14. The highest BCUT2D eigenvalue weighted by Crippen LogP contribution is 2.21. The Morgan fingerprint density at radius 2 is 1.68 bits per heavy atom. The number of anilines is 3. The van der Waals surface area contributed by atoms with E-state index >= 15 is 0 Å². The van der Waals surface area contributed by atoms with Crippen LogP contribution >= 0.6 is 23.8 Å². The van der Waals surface area contributed by atoms with Crippen molar-refractivity contribution < 1.29 is 0 Å². The first-order chi connectivity index (χ1) is 10.6. The van der Waals surface area contributed by atoms with Crippen molar-refractivity contribution in [3.05, 3.63) is 64.4 Å². The maximum Gasteiger partial charge on any atom is 0.226 e. The van der Waals surface area contributed by atoms with Gasteiger partial charge in [-0.2, -0.15) is 9.97 Å². The fraction of sp³-hybridized carbons (Fsp3) is 0. The number of aromatic nitrogens is 3. The van der Waals surface area contributed by atoms with Crippen LogP contribution in [0.25, 0.3) is 5.69 Å². The Morgan fingerprint density at radius 3 is 2.36 bits per heavy atom. The maximum absolute atomic E-state index is 5.90. The SMILES string of the molecule is Nc1nc(Nc2ccc(Cl)cc2)n(-c2ccccc2)c(=S)n1. The summed E-state index contributed by atoms with van der Waals surface area (Å²) in [5, 5.41) is 3.85. The fourth-order valence-corrected chi connectivity index (χ4v) is 2.39. The summed E-state index contributed by atoms with van der Waals surface area (Å²) in [6.45, 7) is 0. The summed E-state index contributed by atoms with van der Waals surface area (Å²) in [7, 11) is 0. The zero-order chi connectivity index (χ0) is 15.5. The molecule has 0 saturated carbocycles. The summed E-state index contributed by atoms with van der Waals surface area (Å²) in [5.41, 5.74) is 7.39. The number of nitrogens with two attached hydrogens (primary N) is 1. The van der Waals surface area contributed by atoms with Crippen LogP contribution in [-0.2, 0) is 0 Å². The molecule has 5 nitrogen and oxygen atoms in total. The van der Waals surface area contributed by atoms with Crippen LogP contribution in [-0.4, -0.2) is 14.5 Å². The summed E-state index contributed by atoms with van der Waals surface area (Å²) in [4.78, 5) is 8.30. The van der Waals surface area contributed by atoms with Crippen LogP contribution in [0.1, 0.15) is 0 Å². The number of hydrogen-bond acceptors (Lipinski definition) is 5. The van der Waals surface area contributed by atoms with Gasteiger partial charge in [-0.15, -0.1) is 0 Å². The first-order valence-corrected chi connectivity index (χ1v) is 7.27. The van der Waals surface area contributed by atoms with E-state index in [4.69, 9.17) is 29.6 Å². The minimum absolute atomic E-state index is 0.119. The molecule has 2 aromatic carbocycles. The molecule has 3 N–H and O–H groups in total. The molecule has 3 aromatic rings. The van der Waals surface area contributed by atoms with Crippen molar-refractivity contribution in [3.63, 3.8) is 0 Å². The third-order valence-corrected chi connectivity index (χ3v) is 3.47. The lowest BCUT2D eigenvalue weighted by Crippen LogP contribution is -2.11. The molecule has 0 unspecified atom stereocenters. The lowest BCUT2D eigenvalue weighted by atomic mass is 10.3. The average Bonchev–Trinajstić information content (AvgIpc) is 2.50. The van der Waals surface area contributed by atoms with Crippen molar-refractivity contribution in [1.82, 2.24) is 14.5 Å². The van der Waals surface area contributed by atoms with E-state index in [0.717, 1.165) is 11.4 Å². The van der Waals surface area contributed by atoms with Gasteiger partial charge in [-0.3, -0.25) is 4.57 Å². The smallest absolute Gasteiger partial charge is 0.226 e. The van der Waals surface area contributed by atoms with Crippen LogP contribution in [0.15, 0.2) is 54.6 Å². The number of nitrogens with zero attached hydrogens (tertiary/aromatic N) is 3. The highest BCUT2D eigenvalue weighted by Gasteiger charge is 2.09. The predicted octanol–water partition coefficient (Wildman–Crippen LogP) is 3.98. The summed E-state index contributed by atoms with van der Waals surface area (Å²) in [6.07, 6.45) is 0. The van der Waals surface area contributed by atoms with Gasteiger partial charge in [0.25, 0.3) is 0 Å². The number of hydrogen-bond donors (Lipinski definition) is 2. The van der Waals surface area contributed by atoms with Gasteiger partial charge in [0.15, 0.2) is 0 Å². The van der Waals surface area contributed by atoms with Crippen molar-refractivity contribution >= 4 is 41.4 Å². The molecule has 0 aliphatic heterocycles. The fourth-order valence-electron chi connectivity index (χ4n) is 1.98. The van der Waals surface area contributed by atoms with Crippen LogP contribution in [0.2, 0.25) is 5.02 Å². The minimum Gasteiger partial charge on any atom is -0.368 e. The number of rotatable bonds is 3. The highest BCUT2D eigenvalue weighted by molar-refractivity contribution is 7.71. The average molecular weight is 330 g/mol. The predicted molar refractivity (Wildman–Crippen MR) is 91.3 cm³/mol. The monoisotopic (exact) mass is 329 g/mol. The Hall–Kier alpha value is -2.44. The number of para-hydroxylation sites is 1. The quantitative estimate of drug-likeness (QED) is 0.711. The Labute approximate surface area is 137 Å². The zero-order valence-electron chi connectivity index (χ0n) is 11.4. The highest BCUT2D eigenvalue weighted by atomic mass is 35.5. The van der Waals surface area contributed by atoms with Crippen molar-refractivity contribution in [2.24, 2.45) is 0 Å². The molecule has 0 fully saturated rings. The van der Waals surface area contributed by atoms with E-state index in [1.165, 1.54) is 0 Å². The standard InChI is InChI=1S/C15H12ClN5S/c16-10-6-8-11(9-7-10)18-14-19-13(17)20-15(22)21(14)12-4-2-1-3-5-12/h1-9H,(H3,17,18,19,20,22). The first-order valence-electron chi connectivity index (χ1n) is 6.48. The molecule has 110 valence electrons. The molecule has 0 spiro atoms. The van der Waals surface area contributed by atoms with E-state index in [1.807, 2.05) is 42.5 Å². The molecule has 7 heteroatoms. The molecule has 1 heterocycles. The third-order valence-electron chi connectivity index (χ3n) is 2.95. The van der Waals surface area contributed by atoms with Crippen LogP contribution < -0.4 is 11.1 Å². The largest absolute Gasteiger partial charge is 0.368 e. The van der Waals surface area contributed by atoms with Gasteiger partial charge in [0.05, 0.1) is 5.69 Å². The summed E-state index contributed by atoms with van der Waals surface area (Å²) >= 11 is 11.2. The number of benzene rings is 2. The second kappa shape index (κ2) is 6.13. The van der Waals surface area contributed by atoms with E-state index in [2.05, 4.69) is 15.3 Å². The molecule has 22 heavy (non-hydrogen) atoms. The summed E-state index contributed by atoms with van der Waals surface area (Å²) in [5.74, 6) is 0.611. The molecule has 0 radical (unpaired) electrons. The number of nitrogens with one attached hydrogen (secondary N) is 1. The number of halogens is 1. The van der Waals surface area contributed by atoms with E-state index < -0.39 is 0 Å². The van der Waals surface area contributed by atoms with Gasteiger partial charge >= 0.3 is 0 Å². The molecule has 0 saturated heterocycles. The van der Waals surface area contributed by atoms with Crippen LogP contribution in [0.5, 0.6) is 0 Å². The molecule has 0 atom stereocenters. The Balaban J connectivity index is 2.10. The van der Waals surface area contributed by atoms with E-state index in [9.17, 15) is 0 Å². The molecular formula is C15H12ClN5S. The lowest BCUT2D eigenvalue weighted by molar-refractivity contribution is 0.915. The molecule has 0 aliphatic carbocycles. The summed E-state index contributed by atoms with van der Waals surface area (Å²) < 4.78 is 2.05. The van der Waals surface area contributed by atoms with Gasteiger partial charge in [0.2, 0.25) is 16.7 Å². The maximum atomic E-state index is 5.90. The Morgan fingerprint density at radius 1 is 1.00 bits per heavy atom. The minimum atomic E-state index is 0.119. The van der Waals surface area contributed by atoms with Gasteiger partial charge in [0.1, 0.15) is 0 Å². The third kappa shape index (κ3) is 3.08. The van der Waals surface area contributed by atoms with Crippen LogP contribution in [0.4, 0.5) is 17.6 Å². The topological polar surface area (TPSA) is 68.8 Å². The first kappa shape index (κ1) is 14.5. The van der Waals surface area contributed by atoms with Gasteiger partial charge in [-0.25, -0.2) is 0 Å². The molecule has 0 bridgehead atoms. The molecule has 0 amide bonds. The van der Waals surface area contributed by atoms with Gasteiger partial charge in [-0.05, 0) is 48.6 Å². The number of nitrogen functional groups attached to an aromatic ring is 1. The molecule has 3 rings (SSSR count). The molecule has 1 aromatic heterocycles. The second-order valence-corrected chi connectivity index (χ2v) is 5.29. The van der Waals surface area contributed by atoms with Gasteiger partial charge < -0.3 is 11.1 Å². The second-order valence-electron chi connectivity index (χ2n) is 4.49. The van der Waals surface area contributed by atoms with Gasteiger partial charge in [0, 0.05) is 10.7 Å². The van der Waals surface area contributed by atoms with Crippen LogP contribution in [0.3, 0.4) is 0 Å². The van der Waals surface area contributed by atoms with Crippen molar-refractivity contribution in [2.75, 3.05) is 11.1 Å². The normalized spacial score (nSPS) is 10.4. The van der Waals surface area contributed by atoms with Crippen molar-refractivity contribution in [1.29, 1.82) is 0 Å². The Bertz CT molecular complexity index is 846. The van der Waals surface area contributed by atoms with Gasteiger partial charge in [-0.1, -0.05) is 29.8 Å².